The molecule has 7 rings (SSSR count). The van der Waals surface area contributed by atoms with Crippen LogP contribution in [0.1, 0.15) is 52.6 Å². The largest absolute Gasteiger partial charge is 0.478 e. The number of aromatic nitrogens is 4. The lowest BCUT2D eigenvalue weighted by atomic mass is 9.93. The van der Waals surface area contributed by atoms with Crippen LogP contribution in [0.2, 0.25) is 5.02 Å². The molecule has 3 aromatic heterocycles. The zero-order valence-electron chi connectivity index (χ0n) is 23.7. The fraction of sp³-hybridized carbons (Fsp3) is 0.333. The molecule has 2 fully saturated rings. The number of carbonyl (C=O) groups is 1. The quantitative estimate of drug-likeness (QED) is 0.218. The van der Waals surface area contributed by atoms with Gasteiger partial charge < -0.3 is 19.1 Å². The van der Waals surface area contributed by atoms with Crippen molar-refractivity contribution in [2.45, 2.75) is 51.0 Å². The molecule has 0 aliphatic carbocycles. The molecule has 2 aliphatic rings. The first-order valence-electron chi connectivity index (χ1n) is 14.7. The number of pyridine rings is 2. The van der Waals surface area contributed by atoms with Crippen LogP contribution >= 0.6 is 11.6 Å². The SMILES string of the molecule is O=C(O)c1ccc2nc(CN3CCC(c4cccc(OCc5cnc6ccc(Cl)cc6c5)n4)CC3)n(C[C@@H]3CCO3)c2c1. The van der Waals surface area contributed by atoms with E-state index in [4.69, 9.17) is 31.0 Å². The summed E-state index contributed by atoms with van der Waals surface area (Å²) in [6, 6.07) is 18.9. The maximum atomic E-state index is 11.6. The molecule has 5 heterocycles. The number of hydrogen-bond acceptors (Lipinski definition) is 7. The van der Waals surface area contributed by atoms with Crippen LogP contribution in [-0.4, -0.2) is 61.3 Å². The Morgan fingerprint density at radius 1 is 1.02 bits per heavy atom. The van der Waals surface area contributed by atoms with Crippen LogP contribution in [0.3, 0.4) is 0 Å². The van der Waals surface area contributed by atoms with Crippen molar-refractivity contribution >= 4 is 39.5 Å². The van der Waals surface area contributed by atoms with Crippen molar-refractivity contribution < 1.29 is 19.4 Å². The summed E-state index contributed by atoms with van der Waals surface area (Å²) in [7, 11) is 0. The van der Waals surface area contributed by atoms with Crippen molar-refractivity contribution in [2.24, 2.45) is 0 Å². The molecule has 5 aromatic rings. The highest BCUT2D eigenvalue weighted by Crippen LogP contribution is 2.30. The number of likely N-dealkylation sites (tertiary alicyclic amines) is 1. The first kappa shape index (κ1) is 27.8. The van der Waals surface area contributed by atoms with E-state index >= 15 is 0 Å². The number of halogens is 1. The average molecular weight is 598 g/mol. The number of ether oxygens (including phenoxy) is 2. The number of piperidine rings is 1. The summed E-state index contributed by atoms with van der Waals surface area (Å²) in [6.07, 6.45) is 4.95. The summed E-state index contributed by atoms with van der Waals surface area (Å²) in [4.78, 5) is 28.3. The minimum atomic E-state index is -0.933. The number of fused-ring (bicyclic) bond motifs is 2. The fourth-order valence-electron chi connectivity index (χ4n) is 5.97. The third kappa shape index (κ3) is 6.06. The lowest BCUT2D eigenvalue weighted by Crippen LogP contribution is -2.35. The Morgan fingerprint density at radius 3 is 2.65 bits per heavy atom. The van der Waals surface area contributed by atoms with E-state index in [0.29, 0.717) is 36.5 Å². The van der Waals surface area contributed by atoms with E-state index in [1.165, 1.54) is 0 Å². The average Bonchev–Trinajstić information content (AvgIpc) is 3.34. The monoisotopic (exact) mass is 597 g/mol. The van der Waals surface area contributed by atoms with Crippen molar-refractivity contribution in [2.75, 3.05) is 19.7 Å². The Hall–Kier alpha value is -4.05. The Morgan fingerprint density at radius 2 is 1.86 bits per heavy atom. The molecule has 1 N–H and O–H groups in total. The molecule has 0 unspecified atom stereocenters. The van der Waals surface area contributed by atoms with Crippen LogP contribution in [0.4, 0.5) is 0 Å². The van der Waals surface area contributed by atoms with Crippen LogP contribution in [-0.2, 0) is 24.4 Å². The summed E-state index contributed by atoms with van der Waals surface area (Å²) in [6.45, 7) is 4.39. The summed E-state index contributed by atoms with van der Waals surface area (Å²) < 4.78 is 13.9. The molecule has 0 saturated carbocycles. The molecule has 2 aliphatic heterocycles. The Bertz CT molecular complexity index is 1800. The van der Waals surface area contributed by atoms with Gasteiger partial charge in [-0.1, -0.05) is 17.7 Å². The first-order chi connectivity index (χ1) is 21.0. The lowest BCUT2D eigenvalue weighted by molar-refractivity contribution is -0.0592. The van der Waals surface area contributed by atoms with Gasteiger partial charge in [0, 0.05) is 46.5 Å². The molecular formula is C33H32ClN5O4. The molecule has 0 radical (unpaired) electrons. The topological polar surface area (TPSA) is 103 Å². The van der Waals surface area contributed by atoms with E-state index in [1.807, 2.05) is 42.6 Å². The summed E-state index contributed by atoms with van der Waals surface area (Å²) in [5, 5.41) is 11.2. The van der Waals surface area contributed by atoms with E-state index in [9.17, 15) is 9.90 Å². The zero-order chi connectivity index (χ0) is 29.3. The Kier molecular flexibility index (Phi) is 7.69. The van der Waals surface area contributed by atoms with Crippen molar-refractivity contribution in [3.63, 3.8) is 0 Å². The molecular weight excluding hydrogens is 566 g/mol. The zero-order valence-corrected chi connectivity index (χ0v) is 24.4. The minimum Gasteiger partial charge on any atom is -0.478 e. The van der Waals surface area contributed by atoms with Gasteiger partial charge in [0.2, 0.25) is 5.88 Å². The van der Waals surface area contributed by atoms with Crippen LogP contribution in [0.15, 0.2) is 66.9 Å². The molecule has 2 saturated heterocycles. The normalized spacial score (nSPS) is 17.7. The standard InChI is InChI=1S/C33H32ClN5O4/c34-25-5-7-27-24(15-25)14-21(17-35-27)20-43-32-3-1-2-28(37-32)22-8-11-38(12-9-22)19-31-36-29-6-4-23(33(40)41)16-30(29)39(31)18-26-10-13-42-26/h1-7,14-17,22,26H,8-13,18-20H2,(H,40,41)/t26-/m0/s1. The number of nitrogens with zero attached hydrogens (tertiary/aromatic N) is 5. The number of hydrogen-bond donors (Lipinski definition) is 1. The predicted octanol–water partition coefficient (Wildman–Crippen LogP) is 6.08. The number of benzene rings is 2. The summed E-state index contributed by atoms with van der Waals surface area (Å²) in [5.41, 5.74) is 4.85. The molecule has 1 atom stereocenters. The molecule has 0 amide bonds. The van der Waals surface area contributed by atoms with Gasteiger partial charge in [-0.3, -0.25) is 9.88 Å². The maximum absolute atomic E-state index is 11.6. The number of rotatable bonds is 9. The molecule has 220 valence electrons. The van der Waals surface area contributed by atoms with E-state index in [1.54, 1.807) is 18.2 Å². The van der Waals surface area contributed by atoms with Crippen molar-refractivity contribution in [3.8, 4) is 5.88 Å². The van der Waals surface area contributed by atoms with E-state index in [0.717, 1.165) is 78.0 Å². The van der Waals surface area contributed by atoms with Gasteiger partial charge in [0.15, 0.2) is 0 Å². The van der Waals surface area contributed by atoms with Crippen molar-refractivity contribution in [3.05, 3.63) is 94.5 Å². The highest BCUT2D eigenvalue weighted by Gasteiger charge is 2.26. The first-order valence-corrected chi connectivity index (χ1v) is 15.1. The number of carboxylic acid groups (broad SMARTS) is 1. The molecule has 2 aromatic carbocycles. The molecule has 43 heavy (non-hydrogen) atoms. The van der Waals surface area contributed by atoms with Gasteiger partial charge in [-0.25, -0.2) is 14.8 Å². The molecule has 0 spiro atoms. The van der Waals surface area contributed by atoms with Gasteiger partial charge in [0.25, 0.3) is 0 Å². The third-order valence-electron chi connectivity index (χ3n) is 8.46. The smallest absolute Gasteiger partial charge is 0.335 e. The van der Waals surface area contributed by atoms with Crippen molar-refractivity contribution in [1.82, 2.24) is 24.4 Å². The van der Waals surface area contributed by atoms with Gasteiger partial charge in [0.05, 0.1) is 41.3 Å². The molecule has 9 nitrogen and oxygen atoms in total. The second-order valence-electron chi connectivity index (χ2n) is 11.3. The minimum absolute atomic E-state index is 0.145. The third-order valence-corrected chi connectivity index (χ3v) is 8.69. The highest BCUT2D eigenvalue weighted by atomic mass is 35.5. The van der Waals surface area contributed by atoms with Crippen LogP contribution in [0.5, 0.6) is 5.88 Å². The second-order valence-corrected chi connectivity index (χ2v) is 11.8. The van der Waals surface area contributed by atoms with Gasteiger partial charge in [-0.05, 0) is 80.9 Å². The number of aromatic carboxylic acids is 1. The number of carboxylic acids is 1. The van der Waals surface area contributed by atoms with Gasteiger partial charge >= 0.3 is 5.97 Å². The Balaban J connectivity index is 0.998. The van der Waals surface area contributed by atoms with E-state index in [-0.39, 0.29) is 11.7 Å². The predicted molar refractivity (Wildman–Crippen MR) is 164 cm³/mol. The lowest BCUT2D eigenvalue weighted by Gasteiger charge is -2.32. The van der Waals surface area contributed by atoms with Gasteiger partial charge in [-0.15, -0.1) is 0 Å². The van der Waals surface area contributed by atoms with Crippen LogP contribution in [0.25, 0.3) is 21.9 Å². The van der Waals surface area contributed by atoms with E-state index in [2.05, 4.69) is 20.5 Å². The maximum Gasteiger partial charge on any atom is 0.335 e. The summed E-state index contributed by atoms with van der Waals surface area (Å²) >= 11 is 6.15. The fourth-order valence-corrected chi connectivity index (χ4v) is 6.15. The molecule has 0 bridgehead atoms. The van der Waals surface area contributed by atoms with Gasteiger partial charge in [-0.2, -0.15) is 0 Å². The van der Waals surface area contributed by atoms with Crippen molar-refractivity contribution in [1.29, 1.82) is 0 Å². The highest BCUT2D eigenvalue weighted by molar-refractivity contribution is 6.31. The number of imidazole rings is 1. The summed E-state index contributed by atoms with van der Waals surface area (Å²) in [5.74, 6) is 0.978. The Labute approximate surface area is 254 Å². The molecule has 10 heteroatoms. The van der Waals surface area contributed by atoms with Gasteiger partial charge in [0.1, 0.15) is 12.4 Å². The second kappa shape index (κ2) is 11.9. The van der Waals surface area contributed by atoms with E-state index < -0.39 is 5.97 Å². The van der Waals surface area contributed by atoms with Crippen LogP contribution in [0, 0.1) is 0 Å². The van der Waals surface area contributed by atoms with Crippen LogP contribution < -0.4 is 4.74 Å².